The highest BCUT2D eigenvalue weighted by molar-refractivity contribution is 6.34. The third kappa shape index (κ3) is 1.58. The van der Waals surface area contributed by atoms with Gasteiger partial charge in [-0.05, 0) is 12.5 Å². The summed E-state index contributed by atoms with van der Waals surface area (Å²) in [5.74, 6) is 0. The molecular formula is C8H3Cl2N3. The predicted molar refractivity (Wildman–Crippen MR) is 48.4 cm³/mol. The first-order valence-corrected chi connectivity index (χ1v) is 4.03. The van der Waals surface area contributed by atoms with Crippen LogP contribution in [0.25, 0.3) is 0 Å². The van der Waals surface area contributed by atoms with E-state index in [0.717, 1.165) is 0 Å². The van der Waals surface area contributed by atoms with E-state index in [-0.39, 0.29) is 21.4 Å². The molecule has 13 heavy (non-hydrogen) atoms. The predicted octanol–water partition coefficient (Wildman–Crippen LogP) is 2.44. The van der Waals surface area contributed by atoms with Gasteiger partial charge in [-0.3, -0.25) is 0 Å². The summed E-state index contributed by atoms with van der Waals surface area (Å²) in [6.45, 7) is 1.61. The molecule has 0 aromatic carbocycles. The minimum absolute atomic E-state index is 0.0315. The largest absolute Gasteiger partial charge is 0.222 e. The Hall–Kier alpha value is -1.29. The Morgan fingerprint density at radius 2 is 1.46 bits per heavy atom. The second kappa shape index (κ2) is 3.62. The smallest absolute Gasteiger partial charge is 0.148 e. The molecule has 0 amide bonds. The maximum atomic E-state index is 8.68. The molecule has 0 radical (unpaired) electrons. The molecule has 0 saturated carbocycles. The average molecular weight is 212 g/mol. The minimum Gasteiger partial charge on any atom is -0.222 e. The molecule has 1 aromatic heterocycles. The fourth-order valence-corrected chi connectivity index (χ4v) is 1.47. The Balaban J connectivity index is 3.63. The van der Waals surface area contributed by atoms with Gasteiger partial charge in [0.2, 0.25) is 0 Å². The normalized spacial score (nSPS) is 9.00. The van der Waals surface area contributed by atoms with Crippen molar-refractivity contribution in [3.05, 3.63) is 27.0 Å². The molecule has 0 spiro atoms. The molecule has 64 valence electrons. The molecule has 0 bridgehead atoms. The molecule has 0 aliphatic heterocycles. The highest BCUT2D eigenvalue weighted by Gasteiger charge is 2.13. The van der Waals surface area contributed by atoms with Crippen molar-refractivity contribution in [2.24, 2.45) is 0 Å². The van der Waals surface area contributed by atoms with Crippen LogP contribution in [-0.4, -0.2) is 4.98 Å². The van der Waals surface area contributed by atoms with E-state index in [4.69, 9.17) is 33.7 Å². The standard InChI is InChI=1S/C8H3Cl2N3/c1-4-5(2-11)7(9)13-8(10)6(4)3-12/h1H3. The molecule has 0 unspecified atom stereocenters. The molecule has 1 aromatic rings. The zero-order valence-electron chi connectivity index (χ0n) is 6.60. The molecule has 0 N–H and O–H groups in total. The van der Waals surface area contributed by atoms with Crippen LogP contribution in [0.2, 0.25) is 10.3 Å². The van der Waals surface area contributed by atoms with Crippen LogP contribution in [0, 0.1) is 29.6 Å². The average Bonchev–Trinajstić information content (AvgIpc) is 2.04. The van der Waals surface area contributed by atoms with Crippen molar-refractivity contribution in [1.82, 2.24) is 4.98 Å². The number of hydrogen-bond acceptors (Lipinski definition) is 3. The van der Waals surface area contributed by atoms with Crippen molar-refractivity contribution in [3.63, 3.8) is 0 Å². The molecule has 1 rings (SSSR count). The summed E-state index contributed by atoms with van der Waals surface area (Å²) in [6.07, 6.45) is 0. The van der Waals surface area contributed by atoms with E-state index in [9.17, 15) is 0 Å². The number of pyridine rings is 1. The molecule has 5 heteroatoms. The lowest BCUT2D eigenvalue weighted by Crippen LogP contribution is -1.94. The fourth-order valence-electron chi connectivity index (χ4n) is 0.892. The van der Waals surface area contributed by atoms with Crippen LogP contribution in [0.1, 0.15) is 16.7 Å². The van der Waals surface area contributed by atoms with Gasteiger partial charge in [0.05, 0.1) is 11.1 Å². The van der Waals surface area contributed by atoms with Crippen molar-refractivity contribution < 1.29 is 0 Å². The first-order chi connectivity index (χ1) is 6.11. The van der Waals surface area contributed by atoms with Gasteiger partial charge in [-0.25, -0.2) is 4.98 Å². The second-order valence-electron chi connectivity index (χ2n) is 2.29. The number of rotatable bonds is 0. The summed E-state index contributed by atoms with van der Waals surface area (Å²) in [5, 5.41) is 17.4. The van der Waals surface area contributed by atoms with Gasteiger partial charge in [0.25, 0.3) is 0 Å². The summed E-state index contributed by atoms with van der Waals surface area (Å²) >= 11 is 11.3. The van der Waals surface area contributed by atoms with E-state index in [1.165, 1.54) is 0 Å². The van der Waals surface area contributed by atoms with Gasteiger partial charge < -0.3 is 0 Å². The van der Waals surface area contributed by atoms with Crippen molar-refractivity contribution in [2.45, 2.75) is 6.92 Å². The van der Waals surface area contributed by atoms with Gasteiger partial charge in [0.1, 0.15) is 22.4 Å². The first-order valence-electron chi connectivity index (χ1n) is 3.27. The maximum Gasteiger partial charge on any atom is 0.148 e. The van der Waals surface area contributed by atoms with E-state index in [1.807, 2.05) is 12.1 Å². The lowest BCUT2D eigenvalue weighted by Gasteiger charge is -2.02. The van der Waals surface area contributed by atoms with Crippen molar-refractivity contribution in [1.29, 1.82) is 10.5 Å². The monoisotopic (exact) mass is 211 g/mol. The van der Waals surface area contributed by atoms with Crippen molar-refractivity contribution in [3.8, 4) is 12.1 Å². The molecule has 1 heterocycles. The Kier molecular flexibility index (Phi) is 2.72. The molecule has 0 saturated heterocycles. The Bertz CT molecular complexity index is 402. The van der Waals surface area contributed by atoms with Crippen LogP contribution in [0.5, 0.6) is 0 Å². The molecule has 0 atom stereocenters. The lowest BCUT2D eigenvalue weighted by molar-refractivity contribution is 1.23. The third-order valence-electron chi connectivity index (χ3n) is 1.58. The third-order valence-corrected chi connectivity index (χ3v) is 2.13. The topological polar surface area (TPSA) is 60.5 Å². The van der Waals surface area contributed by atoms with Gasteiger partial charge in [-0.2, -0.15) is 10.5 Å². The number of halogens is 2. The van der Waals surface area contributed by atoms with E-state index in [2.05, 4.69) is 4.98 Å². The number of nitrogens with zero attached hydrogens (tertiary/aromatic N) is 3. The van der Waals surface area contributed by atoms with E-state index < -0.39 is 0 Å². The molecule has 0 aliphatic rings. The zero-order valence-corrected chi connectivity index (χ0v) is 8.11. The van der Waals surface area contributed by atoms with Crippen LogP contribution in [0.3, 0.4) is 0 Å². The highest BCUT2D eigenvalue weighted by Crippen LogP contribution is 2.24. The second-order valence-corrected chi connectivity index (χ2v) is 3.01. The van der Waals surface area contributed by atoms with Gasteiger partial charge in [0.15, 0.2) is 0 Å². The Labute approximate surface area is 85.1 Å². The maximum absolute atomic E-state index is 8.68. The van der Waals surface area contributed by atoms with E-state index in [1.54, 1.807) is 6.92 Å². The Morgan fingerprint density at radius 1 is 1.08 bits per heavy atom. The van der Waals surface area contributed by atoms with Gasteiger partial charge in [-0.1, -0.05) is 23.2 Å². The van der Waals surface area contributed by atoms with E-state index in [0.29, 0.717) is 5.56 Å². The SMILES string of the molecule is Cc1c(C#N)c(Cl)nc(Cl)c1C#N. The Morgan fingerprint density at radius 3 is 1.77 bits per heavy atom. The number of aromatic nitrogens is 1. The summed E-state index contributed by atoms with van der Waals surface area (Å²) in [5.41, 5.74) is 0.861. The number of nitriles is 2. The molecular weight excluding hydrogens is 209 g/mol. The van der Waals surface area contributed by atoms with Crippen LogP contribution in [-0.2, 0) is 0 Å². The van der Waals surface area contributed by atoms with E-state index >= 15 is 0 Å². The summed E-state index contributed by atoms with van der Waals surface area (Å²) in [4.78, 5) is 3.66. The van der Waals surface area contributed by atoms with Crippen LogP contribution in [0.4, 0.5) is 0 Å². The number of hydrogen-bond donors (Lipinski definition) is 0. The van der Waals surface area contributed by atoms with Crippen molar-refractivity contribution >= 4 is 23.2 Å². The van der Waals surface area contributed by atoms with Crippen LogP contribution >= 0.6 is 23.2 Å². The van der Waals surface area contributed by atoms with Gasteiger partial charge >= 0.3 is 0 Å². The molecule has 0 fully saturated rings. The van der Waals surface area contributed by atoms with Gasteiger partial charge in [-0.15, -0.1) is 0 Å². The van der Waals surface area contributed by atoms with Crippen LogP contribution < -0.4 is 0 Å². The van der Waals surface area contributed by atoms with Gasteiger partial charge in [0, 0.05) is 0 Å². The minimum atomic E-state index is 0.0315. The molecule has 3 nitrogen and oxygen atoms in total. The van der Waals surface area contributed by atoms with Crippen LogP contribution in [0.15, 0.2) is 0 Å². The summed E-state index contributed by atoms with van der Waals surface area (Å²) < 4.78 is 0. The quantitative estimate of drug-likeness (QED) is 0.620. The summed E-state index contributed by atoms with van der Waals surface area (Å²) in [7, 11) is 0. The molecule has 0 aliphatic carbocycles. The highest BCUT2D eigenvalue weighted by atomic mass is 35.5. The van der Waals surface area contributed by atoms with Crippen molar-refractivity contribution in [2.75, 3.05) is 0 Å². The zero-order chi connectivity index (χ0) is 10.0. The summed E-state index contributed by atoms with van der Waals surface area (Å²) in [6, 6.07) is 3.72. The fraction of sp³-hybridized carbons (Fsp3) is 0.125. The lowest BCUT2D eigenvalue weighted by atomic mass is 10.1. The first kappa shape index (κ1) is 9.80.